The van der Waals surface area contributed by atoms with E-state index in [0.717, 1.165) is 27.9 Å². The molecule has 5 rings (SSSR count). The van der Waals surface area contributed by atoms with Gasteiger partial charge in [-0.3, -0.25) is 4.98 Å². The number of rotatable bonds is 2. The van der Waals surface area contributed by atoms with E-state index in [0.29, 0.717) is 5.82 Å². The monoisotopic (exact) mass is 313 g/mol. The minimum atomic E-state index is 0.638. The predicted octanol–water partition coefficient (Wildman–Crippen LogP) is 2.53. The Morgan fingerprint density at radius 1 is 0.875 bits per heavy atom. The van der Waals surface area contributed by atoms with Gasteiger partial charge in [-0.05, 0) is 24.3 Å². The second kappa shape index (κ2) is 4.95. The third-order valence-corrected chi connectivity index (χ3v) is 3.84. The first-order valence-corrected chi connectivity index (χ1v) is 7.45. The van der Waals surface area contributed by atoms with Crippen molar-refractivity contribution in [3.63, 3.8) is 0 Å². The van der Waals surface area contributed by atoms with Gasteiger partial charge in [-0.15, -0.1) is 5.10 Å². The number of hydrogen-bond acceptors (Lipinski definition) is 5. The van der Waals surface area contributed by atoms with Gasteiger partial charge in [0.1, 0.15) is 6.33 Å². The van der Waals surface area contributed by atoms with Crippen LogP contribution >= 0.6 is 0 Å². The summed E-state index contributed by atoms with van der Waals surface area (Å²) in [6, 6.07) is 13.7. The van der Waals surface area contributed by atoms with Crippen LogP contribution in [0.3, 0.4) is 0 Å². The summed E-state index contributed by atoms with van der Waals surface area (Å²) in [5.74, 6) is 0.638. The Kier molecular flexibility index (Phi) is 2.66. The second-order valence-corrected chi connectivity index (χ2v) is 5.31. The lowest BCUT2D eigenvalue weighted by molar-refractivity contribution is 0.882. The minimum absolute atomic E-state index is 0.638. The van der Waals surface area contributed by atoms with Crippen LogP contribution in [0.25, 0.3) is 33.8 Å². The first kappa shape index (κ1) is 12.9. The van der Waals surface area contributed by atoms with Crippen molar-refractivity contribution in [1.82, 2.24) is 34.3 Å². The summed E-state index contributed by atoms with van der Waals surface area (Å²) in [6.45, 7) is 0. The van der Waals surface area contributed by atoms with Gasteiger partial charge < -0.3 is 0 Å². The fourth-order valence-electron chi connectivity index (χ4n) is 2.70. The molecule has 0 atom stereocenters. The lowest BCUT2D eigenvalue weighted by Crippen LogP contribution is -1.98. The first-order chi connectivity index (χ1) is 11.9. The van der Waals surface area contributed by atoms with Gasteiger partial charge in [-0.2, -0.15) is 5.10 Å². The Labute approximate surface area is 136 Å². The summed E-state index contributed by atoms with van der Waals surface area (Å²) in [5, 5.41) is 9.81. The minimum Gasteiger partial charge on any atom is -0.265 e. The average molecular weight is 313 g/mol. The molecule has 4 aromatic heterocycles. The van der Waals surface area contributed by atoms with Crippen molar-refractivity contribution < 1.29 is 0 Å². The molecule has 24 heavy (non-hydrogen) atoms. The van der Waals surface area contributed by atoms with E-state index in [9.17, 15) is 0 Å². The van der Waals surface area contributed by atoms with Crippen LogP contribution in [0.1, 0.15) is 0 Å². The van der Waals surface area contributed by atoms with Gasteiger partial charge in [0.15, 0.2) is 17.1 Å². The van der Waals surface area contributed by atoms with E-state index >= 15 is 0 Å². The molecule has 0 unspecified atom stereocenters. The highest BCUT2D eigenvalue weighted by atomic mass is 15.3. The van der Waals surface area contributed by atoms with Gasteiger partial charge in [-0.25, -0.2) is 19.2 Å². The Bertz CT molecular complexity index is 1140. The average Bonchev–Trinajstić information content (AvgIpc) is 3.27. The van der Waals surface area contributed by atoms with Gasteiger partial charge in [0.25, 0.3) is 0 Å². The highest BCUT2D eigenvalue weighted by molar-refractivity contribution is 5.89. The molecular formula is C17H11N7. The predicted molar refractivity (Wildman–Crippen MR) is 88.6 cm³/mol. The van der Waals surface area contributed by atoms with E-state index in [1.165, 1.54) is 0 Å². The molecule has 5 aromatic rings. The second-order valence-electron chi connectivity index (χ2n) is 5.31. The molecule has 0 bridgehead atoms. The van der Waals surface area contributed by atoms with Crippen LogP contribution in [0.15, 0.2) is 67.4 Å². The quantitative estimate of drug-likeness (QED) is 0.500. The summed E-state index contributed by atoms with van der Waals surface area (Å²) >= 11 is 0. The van der Waals surface area contributed by atoms with Gasteiger partial charge in [0.2, 0.25) is 0 Å². The maximum absolute atomic E-state index is 4.65. The zero-order valence-electron chi connectivity index (χ0n) is 12.5. The molecule has 0 radical (unpaired) electrons. The lowest BCUT2D eigenvalue weighted by atomic mass is 10.2. The van der Waals surface area contributed by atoms with Crippen molar-refractivity contribution in [2.24, 2.45) is 0 Å². The molecule has 4 heterocycles. The molecule has 0 aliphatic rings. The summed E-state index contributed by atoms with van der Waals surface area (Å²) < 4.78 is 3.48. The van der Waals surface area contributed by atoms with Gasteiger partial charge in [0.05, 0.1) is 17.3 Å². The Morgan fingerprint density at radius 2 is 1.71 bits per heavy atom. The molecule has 0 N–H and O–H groups in total. The number of aromatic nitrogens is 7. The molecule has 1 aromatic carbocycles. The van der Waals surface area contributed by atoms with Crippen molar-refractivity contribution in [3.8, 4) is 17.1 Å². The summed E-state index contributed by atoms with van der Waals surface area (Å²) in [5.41, 5.74) is 3.35. The van der Waals surface area contributed by atoms with E-state index in [4.69, 9.17) is 0 Å². The number of nitrogens with zero attached hydrogens (tertiary/aromatic N) is 7. The highest BCUT2D eigenvalue weighted by Crippen LogP contribution is 2.22. The fraction of sp³-hybridized carbons (Fsp3) is 0. The SMILES string of the molecule is c1ccc(-n2ncc3c2ncn2nc(-c4ccncc4)nc32)cc1. The van der Waals surface area contributed by atoms with Crippen molar-refractivity contribution >= 4 is 16.7 Å². The number of para-hydroxylation sites is 1. The van der Waals surface area contributed by atoms with Crippen molar-refractivity contribution in [1.29, 1.82) is 0 Å². The topological polar surface area (TPSA) is 73.8 Å². The smallest absolute Gasteiger partial charge is 0.182 e. The molecule has 114 valence electrons. The molecule has 0 saturated heterocycles. The zero-order chi connectivity index (χ0) is 15.9. The van der Waals surface area contributed by atoms with Crippen LogP contribution in [-0.2, 0) is 0 Å². The molecule has 0 saturated carbocycles. The summed E-state index contributed by atoms with van der Waals surface area (Å²) in [6.07, 6.45) is 6.89. The lowest BCUT2D eigenvalue weighted by Gasteiger charge is -2.01. The summed E-state index contributed by atoms with van der Waals surface area (Å²) in [4.78, 5) is 13.2. The highest BCUT2D eigenvalue weighted by Gasteiger charge is 2.14. The van der Waals surface area contributed by atoms with Gasteiger partial charge in [-0.1, -0.05) is 18.2 Å². The standard InChI is InChI=1S/C17H11N7/c1-2-4-13(5-3-1)24-16-14(10-20-24)17-21-15(22-23(17)11-19-16)12-6-8-18-9-7-12/h1-11H. The molecular weight excluding hydrogens is 302 g/mol. The van der Waals surface area contributed by atoms with Crippen LogP contribution in [-0.4, -0.2) is 34.3 Å². The molecule has 7 heteroatoms. The Morgan fingerprint density at radius 3 is 2.54 bits per heavy atom. The molecule has 7 nitrogen and oxygen atoms in total. The molecule has 0 aliphatic carbocycles. The van der Waals surface area contributed by atoms with E-state index in [-0.39, 0.29) is 0 Å². The van der Waals surface area contributed by atoms with E-state index in [2.05, 4.69) is 25.1 Å². The van der Waals surface area contributed by atoms with Gasteiger partial charge >= 0.3 is 0 Å². The Balaban J connectivity index is 1.74. The molecule has 0 aliphatic heterocycles. The fourth-order valence-corrected chi connectivity index (χ4v) is 2.70. The van der Waals surface area contributed by atoms with Crippen LogP contribution in [0.5, 0.6) is 0 Å². The zero-order valence-corrected chi connectivity index (χ0v) is 12.5. The summed E-state index contributed by atoms with van der Waals surface area (Å²) in [7, 11) is 0. The molecule has 0 spiro atoms. The largest absolute Gasteiger partial charge is 0.265 e. The molecule has 0 fully saturated rings. The maximum atomic E-state index is 4.65. The van der Waals surface area contributed by atoms with Crippen LogP contribution in [0.2, 0.25) is 0 Å². The van der Waals surface area contributed by atoms with Crippen molar-refractivity contribution in [2.75, 3.05) is 0 Å². The maximum Gasteiger partial charge on any atom is 0.182 e. The van der Waals surface area contributed by atoms with Crippen LogP contribution in [0.4, 0.5) is 0 Å². The third-order valence-electron chi connectivity index (χ3n) is 3.84. The van der Waals surface area contributed by atoms with E-state index < -0.39 is 0 Å². The number of pyridine rings is 1. The van der Waals surface area contributed by atoms with Crippen LogP contribution in [0, 0.1) is 0 Å². The van der Waals surface area contributed by atoms with E-state index in [1.807, 2.05) is 42.5 Å². The van der Waals surface area contributed by atoms with E-state index in [1.54, 1.807) is 34.1 Å². The number of benzene rings is 1. The van der Waals surface area contributed by atoms with Crippen molar-refractivity contribution in [2.45, 2.75) is 0 Å². The first-order valence-electron chi connectivity index (χ1n) is 7.45. The molecule has 0 amide bonds. The normalized spacial score (nSPS) is 11.3. The van der Waals surface area contributed by atoms with Crippen molar-refractivity contribution in [3.05, 3.63) is 67.4 Å². The van der Waals surface area contributed by atoms with Gasteiger partial charge in [0, 0.05) is 18.0 Å². The van der Waals surface area contributed by atoms with Crippen LogP contribution < -0.4 is 0 Å². The number of fused-ring (bicyclic) bond motifs is 3. The Hall–Kier alpha value is -3.61. The third kappa shape index (κ3) is 1.88. The number of hydrogen-bond donors (Lipinski definition) is 0.